The van der Waals surface area contributed by atoms with Crippen LogP contribution in [0.15, 0.2) is 24.3 Å². The second-order valence-electron chi connectivity index (χ2n) is 3.89. The highest BCUT2D eigenvalue weighted by molar-refractivity contribution is 5.89. The molecule has 0 amide bonds. The van der Waals surface area contributed by atoms with E-state index in [1.165, 1.54) is 7.11 Å². The van der Waals surface area contributed by atoms with Crippen molar-refractivity contribution in [1.29, 1.82) is 0 Å². The second kappa shape index (κ2) is 3.58. The molecule has 1 heterocycles. The molecular weight excluding hydrogens is 178 g/mol. The van der Waals surface area contributed by atoms with E-state index in [9.17, 15) is 4.79 Å². The summed E-state index contributed by atoms with van der Waals surface area (Å²) in [5.74, 6) is 0.322. The maximum absolute atomic E-state index is 11.3. The van der Waals surface area contributed by atoms with E-state index in [0.717, 1.165) is 18.4 Å². The van der Waals surface area contributed by atoms with Crippen LogP contribution < -0.4 is 5.32 Å². The van der Waals surface area contributed by atoms with Crippen molar-refractivity contribution < 1.29 is 9.53 Å². The van der Waals surface area contributed by atoms with E-state index in [2.05, 4.69) is 11.9 Å². The molecule has 14 heavy (non-hydrogen) atoms. The highest BCUT2D eigenvalue weighted by Crippen LogP contribution is 2.35. The Morgan fingerprint density at radius 3 is 3.29 bits per heavy atom. The summed E-state index contributed by atoms with van der Waals surface area (Å²) in [6.45, 7) is 3.73. The van der Waals surface area contributed by atoms with E-state index >= 15 is 0 Å². The van der Waals surface area contributed by atoms with Gasteiger partial charge < -0.3 is 10.1 Å². The molecule has 0 radical (unpaired) electrons. The molecule has 1 saturated heterocycles. The molecule has 0 spiro atoms. The number of hydrogen-bond acceptors (Lipinski definition) is 3. The van der Waals surface area contributed by atoms with E-state index in [4.69, 9.17) is 4.74 Å². The zero-order valence-electron chi connectivity index (χ0n) is 8.32. The number of nitrogens with one attached hydrogen (secondary N) is 1. The summed E-state index contributed by atoms with van der Waals surface area (Å²) in [6.07, 6.45) is 5.69. The molecule has 0 saturated carbocycles. The molecule has 76 valence electrons. The third kappa shape index (κ3) is 1.60. The van der Waals surface area contributed by atoms with Gasteiger partial charge in [0.1, 0.15) is 0 Å². The van der Waals surface area contributed by atoms with Gasteiger partial charge in [0.05, 0.1) is 7.11 Å². The molecule has 3 nitrogen and oxygen atoms in total. The van der Waals surface area contributed by atoms with Crippen molar-refractivity contribution in [3.63, 3.8) is 0 Å². The van der Waals surface area contributed by atoms with Gasteiger partial charge >= 0.3 is 5.97 Å². The Morgan fingerprint density at radius 1 is 1.86 bits per heavy atom. The lowest BCUT2D eigenvalue weighted by Crippen LogP contribution is -2.20. The first-order valence-corrected chi connectivity index (χ1v) is 4.92. The normalized spacial score (nSPS) is 34.1. The number of hydrogen-bond donors (Lipinski definition) is 1. The van der Waals surface area contributed by atoms with Gasteiger partial charge in [-0.1, -0.05) is 12.2 Å². The van der Waals surface area contributed by atoms with Gasteiger partial charge in [-0.2, -0.15) is 0 Å². The molecule has 3 heteroatoms. The van der Waals surface area contributed by atoms with Gasteiger partial charge in [0, 0.05) is 17.7 Å². The topological polar surface area (TPSA) is 48.2 Å². The van der Waals surface area contributed by atoms with Crippen LogP contribution in [-0.4, -0.2) is 25.2 Å². The fourth-order valence-electron chi connectivity index (χ4n) is 2.17. The SMILES string of the molecule is C=CC[C@H]1CC(C(=O)OC)=C[C@@H]2N[C@H]12. The quantitative estimate of drug-likeness (QED) is 0.413. The number of carbonyl (C=O) groups is 1. The molecule has 2 rings (SSSR count). The van der Waals surface area contributed by atoms with Crippen molar-refractivity contribution in [2.45, 2.75) is 24.9 Å². The lowest BCUT2D eigenvalue weighted by atomic mass is 9.86. The molecule has 0 unspecified atom stereocenters. The Bertz CT molecular complexity index is 296. The fourth-order valence-corrected chi connectivity index (χ4v) is 2.17. The first-order valence-electron chi connectivity index (χ1n) is 4.92. The van der Waals surface area contributed by atoms with Crippen molar-refractivity contribution in [3.05, 3.63) is 24.3 Å². The smallest absolute Gasteiger partial charge is 0.333 e. The molecule has 1 N–H and O–H groups in total. The van der Waals surface area contributed by atoms with Gasteiger partial charge in [0.2, 0.25) is 0 Å². The average molecular weight is 193 g/mol. The van der Waals surface area contributed by atoms with Crippen LogP contribution in [0, 0.1) is 5.92 Å². The zero-order valence-corrected chi connectivity index (χ0v) is 8.32. The minimum atomic E-state index is -0.189. The number of esters is 1. The van der Waals surface area contributed by atoms with E-state index < -0.39 is 0 Å². The Balaban J connectivity index is 2.07. The second-order valence-corrected chi connectivity index (χ2v) is 3.89. The van der Waals surface area contributed by atoms with Gasteiger partial charge in [0.15, 0.2) is 0 Å². The van der Waals surface area contributed by atoms with E-state index in [1.54, 1.807) is 0 Å². The number of ether oxygens (including phenoxy) is 1. The molecule has 1 fully saturated rings. The van der Waals surface area contributed by atoms with Crippen molar-refractivity contribution in [3.8, 4) is 0 Å². The summed E-state index contributed by atoms with van der Waals surface area (Å²) >= 11 is 0. The maximum atomic E-state index is 11.3. The van der Waals surface area contributed by atoms with Gasteiger partial charge in [0.25, 0.3) is 0 Å². The fraction of sp³-hybridized carbons (Fsp3) is 0.545. The number of methoxy groups -OCH3 is 1. The van der Waals surface area contributed by atoms with Gasteiger partial charge in [-0.15, -0.1) is 6.58 Å². The largest absolute Gasteiger partial charge is 0.466 e. The zero-order chi connectivity index (χ0) is 10.1. The van der Waals surface area contributed by atoms with Crippen molar-refractivity contribution in [2.75, 3.05) is 7.11 Å². The lowest BCUT2D eigenvalue weighted by Gasteiger charge is -2.18. The number of carbonyl (C=O) groups excluding carboxylic acids is 1. The number of rotatable bonds is 3. The number of allylic oxidation sites excluding steroid dienone is 1. The van der Waals surface area contributed by atoms with Gasteiger partial charge in [-0.25, -0.2) is 4.79 Å². The van der Waals surface area contributed by atoms with E-state index in [0.29, 0.717) is 18.0 Å². The van der Waals surface area contributed by atoms with Crippen LogP contribution in [0.5, 0.6) is 0 Å². The summed E-state index contributed by atoms with van der Waals surface area (Å²) in [5, 5.41) is 3.34. The highest BCUT2D eigenvalue weighted by atomic mass is 16.5. The first-order chi connectivity index (χ1) is 6.76. The van der Waals surface area contributed by atoms with Crippen LogP contribution in [0.2, 0.25) is 0 Å². The van der Waals surface area contributed by atoms with Crippen LogP contribution in [0.4, 0.5) is 0 Å². The standard InChI is InChI=1S/C11H15NO2/c1-3-4-7-5-8(11(13)14-2)6-9-10(7)12-9/h3,6-7,9-10,12H,1,4-5H2,2H3/t7-,9-,10+/m0/s1. The summed E-state index contributed by atoms with van der Waals surface area (Å²) in [4.78, 5) is 11.3. The van der Waals surface area contributed by atoms with Crippen LogP contribution in [-0.2, 0) is 9.53 Å². The van der Waals surface area contributed by atoms with E-state index in [-0.39, 0.29) is 5.97 Å². The Labute approximate surface area is 83.8 Å². The first kappa shape index (κ1) is 9.46. The average Bonchev–Trinajstić information content (AvgIpc) is 2.96. The van der Waals surface area contributed by atoms with E-state index in [1.807, 2.05) is 12.2 Å². The minimum absolute atomic E-state index is 0.189. The molecule has 3 atom stereocenters. The number of fused-ring (bicyclic) bond motifs is 1. The van der Waals surface area contributed by atoms with Crippen LogP contribution in [0.25, 0.3) is 0 Å². The summed E-state index contributed by atoms with van der Waals surface area (Å²) in [6, 6.07) is 0.948. The molecule has 0 aromatic heterocycles. The predicted molar refractivity (Wildman–Crippen MR) is 53.7 cm³/mol. The third-order valence-corrected chi connectivity index (χ3v) is 2.95. The molecule has 2 aliphatic rings. The van der Waals surface area contributed by atoms with Crippen LogP contribution in [0.3, 0.4) is 0 Å². The Hall–Kier alpha value is -1.09. The summed E-state index contributed by atoms with van der Waals surface area (Å²) in [5.41, 5.74) is 0.811. The Kier molecular flexibility index (Phi) is 2.42. The Morgan fingerprint density at radius 2 is 2.64 bits per heavy atom. The monoisotopic (exact) mass is 193 g/mol. The van der Waals surface area contributed by atoms with Crippen molar-refractivity contribution in [1.82, 2.24) is 5.32 Å². The maximum Gasteiger partial charge on any atom is 0.333 e. The van der Waals surface area contributed by atoms with Crippen LogP contribution >= 0.6 is 0 Å². The highest BCUT2D eigenvalue weighted by Gasteiger charge is 2.44. The van der Waals surface area contributed by atoms with Crippen molar-refractivity contribution in [2.24, 2.45) is 5.92 Å². The third-order valence-electron chi connectivity index (χ3n) is 2.95. The summed E-state index contributed by atoms with van der Waals surface area (Å²) in [7, 11) is 1.43. The molecular formula is C11H15NO2. The van der Waals surface area contributed by atoms with Gasteiger partial charge in [-0.05, 0) is 18.8 Å². The van der Waals surface area contributed by atoms with Crippen molar-refractivity contribution >= 4 is 5.97 Å². The van der Waals surface area contributed by atoms with Crippen LogP contribution in [0.1, 0.15) is 12.8 Å². The lowest BCUT2D eigenvalue weighted by molar-refractivity contribution is -0.136. The molecule has 0 aromatic carbocycles. The predicted octanol–water partition coefficient (Wildman–Crippen LogP) is 1.02. The minimum Gasteiger partial charge on any atom is -0.466 e. The molecule has 0 bridgehead atoms. The van der Waals surface area contributed by atoms with Gasteiger partial charge in [-0.3, -0.25) is 0 Å². The summed E-state index contributed by atoms with van der Waals surface area (Å²) < 4.78 is 4.72. The molecule has 1 aliphatic carbocycles. The molecule has 0 aromatic rings. The molecule has 1 aliphatic heterocycles.